The van der Waals surface area contributed by atoms with E-state index < -0.39 is 0 Å². The first kappa shape index (κ1) is 14.2. The minimum absolute atomic E-state index is 0.339. The van der Waals surface area contributed by atoms with Gasteiger partial charge in [0.2, 0.25) is 0 Å². The molecule has 0 saturated heterocycles. The number of hydrogen-bond donors (Lipinski definition) is 1. The van der Waals surface area contributed by atoms with Gasteiger partial charge in [0.1, 0.15) is 5.76 Å². The fourth-order valence-corrected chi connectivity index (χ4v) is 3.71. The van der Waals surface area contributed by atoms with Crippen molar-refractivity contribution in [3.05, 3.63) is 24.2 Å². The Morgan fingerprint density at radius 2 is 2.10 bits per heavy atom. The molecule has 0 amide bonds. The lowest BCUT2D eigenvalue weighted by Crippen LogP contribution is -2.39. The minimum Gasteiger partial charge on any atom is -0.468 e. The summed E-state index contributed by atoms with van der Waals surface area (Å²) in [6, 6.07) is 5.12. The van der Waals surface area contributed by atoms with E-state index in [1.165, 1.54) is 38.5 Å². The number of likely N-dealkylation sites (N-methyl/N-ethyl adjacent to an activating group) is 1. The van der Waals surface area contributed by atoms with Gasteiger partial charge in [-0.25, -0.2) is 0 Å². The quantitative estimate of drug-likeness (QED) is 0.862. The van der Waals surface area contributed by atoms with E-state index in [1.807, 2.05) is 6.07 Å². The average molecular weight is 276 g/mol. The maximum atomic E-state index is 5.58. The van der Waals surface area contributed by atoms with E-state index in [0.717, 1.165) is 24.1 Å². The number of rotatable bonds is 6. The highest BCUT2D eigenvalue weighted by molar-refractivity contribution is 5.05. The summed E-state index contributed by atoms with van der Waals surface area (Å²) in [6.07, 6.45) is 10.4. The second-order valence-electron chi connectivity index (χ2n) is 6.86. The van der Waals surface area contributed by atoms with Crippen LogP contribution in [-0.2, 0) is 0 Å². The molecule has 0 aromatic carbocycles. The summed E-state index contributed by atoms with van der Waals surface area (Å²) in [5.74, 6) is 3.13. The molecule has 1 aromatic rings. The molecule has 3 unspecified atom stereocenters. The van der Waals surface area contributed by atoms with Gasteiger partial charge in [-0.1, -0.05) is 12.8 Å². The van der Waals surface area contributed by atoms with Crippen LogP contribution in [0.1, 0.15) is 50.3 Å². The summed E-state index contributed by atoms with van der Waals surface area (Å²) in [5, 5.41) is 3.80. The molecule has 20 heavy (non-hydrogen) atoms. The third-order valence-electron chi connectivity index (χ3n) is 5.10. The van der Waals surface area contributed by atoms with Crippen molar-refractivity contribution in [3.8, 4) is 0 Å². The van der Waals surface area contributed by atoms with Crippen LogP contribution in [0.4, 0.5) is 0 Å². The Labute approximate surface area is 122 Å². The van der Waals surface area contributed by atoms with Gasteiger partial charge in [0.05, 0.1) is 12.3 Å². The van der Waals surface area contributed by atoms with E-state index in [4.69, 9.17) is 4.42 Å². The van der Waals surface area contributed by atoms with Gasteiger partial charge in [0, 0.05) is 12.6 Å². The molecule has 3 rings (SSSR count). The predicted molar refractivity (Wildman–Crippen MR) is 81.6 cm³/mol. The van der Waals surface area contributed by atoms with Crippen molar-refractivity contribution < 1.29 is 4.42 Å². The maximum absolute atomic E-state index is 5.58. The predicted octanol–water partition coefficient (Wildman–Crippen LogP) is 3.44. The Balaban J connectivity index is 1.51. The van der Waals surface area contributed by atoms with Crippen molar-refractivity contribution in [2.24, 2.45) is 11.8 Å². The summed E-state index contributed by atoms with van der Waals surface area (Å²) in [4.78, 5) is 2.24. The standard InChI is InChI=1S/C17H28N2O/c1-19(2)16(17-7-4-10-20-17)12-18-15-6-3-5-14(11-15)13-8-9-13/h4,7,10,13-16,18H,3,5-6,8-9,11-12H2,1-2H3. The minimum atomic E-state index is 0.339. The van der Waals surface area contributed by atoms with Crippen LogP contribution in [0.25, 0.3) is 0 Å². The van der Waals surface area contributed by atoms with Gasteiger partial charge in [0.25, 0.3) is 0 Å². The van der Waals surface area contributed by atoms with E-state index in [-0.39, 0.29) is 0 Å². The summed E-state index contributed by atoms with van der Waals surface area (Å²) in [6.45, 7) is 0.989. The second-order valence-corrected chi connectivity index (χ2v) is 6.86. The number of nitrogens with one attached hydrogen (secondary N) is 1. The van der Waals surface area contributed by atoms with Crippen molar-refractivity contribution in [2.45, 2.75) is 50.6 Å². The van der Waals surface area contributed by atoms with Gasteiger partial charge < -0.3 is 9.73 Å². The molecule has 1 N–H and O–H groups in total. The van der Waals surface area contributed by atoms with Crippen LogP contribution in [0, 0.1) is 11.8 Å². The van der Waals surface area contributed by atoms with E-state index >= 15 is 0 Å². The summed E-state index contributed by atoms with van der Waals surface area (Å²) in [7, 11) is 4.26. The van der Waals surface area contributed by atoms with Gasteiger partial charge >= 0.3 is 0 Å². The molecule has 112 valence electrons. The lowest BCUT2D eigenvalue weighted by atomic mass is 9.82. The Hall–Kier alpha value is -0.800. The Bertz CT molecular complexity index is 397. The molecule has 2 saturated carbocycles. The molecule has 1 heterocycles. The third-order valence-corrected chi connectivity index (χ3v) is 5.10. The zero-order valence-corrected chi connectivity index (χ0v) is 12.8. The molecule has 2 aliphatic carbocycles. The monoisotopic (exact) mass is 276 g/mol. The van der Waals surface area contributed by atoms with E-state index in [9.17, 15) is 0 Å². The van der Waals surface area contributed by atoms with Gasteiger partial charge in [0.15, 0.2) is 0 Å². The molecule has 0 bridgehead atoms. The topological polar surface area (TPSA) is 28.4 Å². The normalized spacial score (nSPS) is 28.8. The van der Waals surface area contributed by atoms with Crippen LogP contribution in [0.15, 0.2) is 22.8 Å². The highest BCUT2D eigenvalue weighted by atomic mass is 16.3. The molecule has 0 spiro atoms. The smallest absolute Gasteiger partial charge is 0.122 e. The Morgan fingerprint density at radius 3 is 2.75 bits per heavy atom. The largest absolute Gasteiger partial charge is 0.468 e. The fourth-order valence-electron chi connectivity index (χ4n) is 3.71. The van der Waals surface area contributed by atoms with Crippen molar-refractivity contribution in [1.82, 2.24) is 10.2 Å². The summed E-state index contributed by atoms with van der Waals surface area (Å²) in [5.41, 5.74) is 0. The molecule has 2 fully saturated rings. The SMILES string of the molecule is CN(C)C(CNC1CCCC(C2CC2)C1)c1ccco1. The molecule has 3 nitrogen and oxygen atoms in total. The molecular formula is C17H28N2O. The third kappa shape index (κ3) is 3.44. The fraction of sp³-hybridized carbons (Fsp3) is 0.765. The van der Waals surface area contributed by atoms with Gasteiger partial charge in [-0.2, -0.15) is 0 Å². The first-order valence-corrected chi connectivity index (χ1v) is 8.17. The van der Waals surface area contributed by atoms with Crippen molar-refractivity contribution in [2.75, 3.05) is 20.6 Å². The maximum Gasteiger partial charge on any atom is 0.122 e. The van der Waals surface area contributed by atoms with Crippen molar-refractivity contribution >= 4 is 0 Å². The number of hydrogen-bond acceptors (Lipinski definition) is 3. The zero-order chi connectivity index (χ0) is 13.9. The van der Waals surface area contributed by atoms with Crippen LogP contribution in [-0.4, -0.2) is 31.6 Å². The van der Waals surface area contributed by atoms with Gasteiger partial charge in [-0.15, -0.1) is 0 Å². The van der Waals surface area contributed by atoms with E-state index in [2.05, 4.69) is 30.4 Å². The first-order chi connectivity index (χ1) is 9.74. The van der Waals surface area contributed by atoms with Gasteiger partial charge in [-0.05, 0) is 63.7 Å². The highest BCUT2D eigenvalue weighted by Crippen LogP contribution is 2.43. The molecule has 3 atom stereocenters. The number of furan rings is 1. The lowest BCUT2D eigenvalue weighted by Gasteiger charge is -2.32. The van der Waals surface area contributed by atoms with E-state index in [0.29, 0.717) is 12.1 Å². The first-order valence-electron chi connectivity index (χ1n) is 8.17. The zero-order valence-electron chi connectivity index (χ0n) is 12.8. The van der Waals surface area contributed by atoms with Crippen LogP contribution in [0.3, 0.4) is 0 Å². The Morgan fingerprint density at radius 1 is 1.25 bits per heavy atom. The van der Waals surface area contributed by atoms with Crippen LogP contribution in [0.2, 0.25) is 0 Å². The van der Waals surface area contributed by atoms with Crippen LogP contribution >= 0.6 is 0 Å². The number of nitrogens with zero attached hydrogens (tertiary/aromatic N) is 1. The van der Waals surface area contributed by atoms with Crippen LogP contribution < -0.4 is 5.32 Å². The van der Waals surface area contributed by atoms with Crippen molar-refractivity contribution in [3.63, 3.8) is 0 Å². The summed E-state index contributed by atoms with van der Waals surface area (Å²) >= 11 is 0. The van der Waals surface area contributed by atoms with Crippen molar-refractivity contribution in [1.29, 1.82) is 0 Å². The molecule has 1 aromatic heterocycles. The molecular weight excluding hydrogens is 248 g/mol. The molecule has 3 heteroatoms. The second kappa shape index (κ2) is 6.31. The summed E-state index contributed by atoms with van der Waals surface area (Å²) < 4.78 is 5.58. The van der Waals surface area contributed by atoms with E-state index in [1.54, 1.807) is 6.26 Å². The average Bonchev–Trinajstić information content (AvgIpc) is 3.16. The highest BCUT2D eigenvalue weighted by Gasteiger charge is 2.34. The Kier molecular flexibility index (Phi) is 4.47. The van der Waals surface area contributed by atoms with Gasteiger partial charge in [-0.3, -0.25) is 4.90 Å². The lowest BCUT2D eigenvalue weighted by molar-refractivity contribution is 0.215. The molecule has 0 aliphatic heterocycles. The van der Waals surface area contributed by atoms with Crippen LogP contribution in [0.5, 0.6) is 0 Å². The molecule has 0 radical (unpaired) electrons. The molecule has 2 aliphatic rings.